The molecular weight excluding hydrogens is 1790 g/mol. The molecule has 0 aliphatic carbocycles. The topological polar surface area (TPSA) is 470 Å². The molecule has 6 aromatic heterocycles. The molecule has 3 fully saturated rings. The number of alkyl halides is 1. The zero-order valence-corrected chi connectivity index (χ0v) is 71.8. The number of rotatable bonds is 15. The Balaban J connectivity index is 0.000000469. The first-order valence-corrected chi connectivity index (χ1v) is 30.8. The first-order valence-electron chi connectivity index (χ1n) is 29.6. The number of H-pyrrole nitrogens is 1. The molecule has 40 heteroatoms. The fourth-order valence-electron chi connectivity index (χ4n) is 10.7. The van der Waals surface area contributed by atoms with Crippen molar-refractivity contribution >= 4 is 72.7 Å². The summed E-state index contributed by atoms with van der Waals surface area (Å²) in [6.07, 6.45) is -7.53. The van der Waals surface area contributed by atoms with Crippen molar-refractivity contribution in [3.05, 3.63) is 189 Å². The molecule has 12 atom stereocenters. The first kappa shape index (κ1) is 93.8. The Labute approximate surface area is 712 Å². The standard InChI is InChI=1S/C22H23N3O8.C17H17N3O7.C14H18N2O7.C8H6BrNO.CH4O.H3N.5Y/c1-4-16-19(30-12(2)26)20(31-13(3)27)21(32-16)24-10-9-18(28)25(22(24)29)11-15-14-7-5-6-8-17(14)33-23-15;21-8-12-14(23)15(24)16(26-12)19-6-5-13(22)20(17(19)25)7-10-9-3-1-2-4-11(9)27-18-10;1-4-9-11(21-7(2)17)12(22-8(3)18)13(23-9)16-6-5-10(19)15-14(16)20;9-5-7-6-3-1-2-4-8(6)11-10-7;1-2;;;;;;/h5-10,16,19-21H,4,11H2,1-3H3;1-6,12,14-16,21,23-24H,7-8H2;5-6,9,11-13H,4H2,1-3H3,(H,15,19,20);1-4H,5H2;2H,1H3;1H3;;;;;/t16?,19?,20-,21?;12?,14?,15-,16?;9?,11?,12-,13?;;;;;;;;/m000......../s1. The second-order valence-electron chi connectivity index (χ2n) is 21.4. The molecular formula is C62H71BrN10O24Y5. The average Bonchev–Trinajstić information content (AvgIpc) is 1.59. The van der Waals surface area contributed by atoms with Gasteiger partial charge in [0.15, 0.2) is 59.8 Å². The maximum absolute atomic E-state index is 13.3. The molecule has 0 saturated carbocycles. The predicted molar refractivity (Wildman–Crippen MR) is 341 cm³/mol. The number of halogens is 1. The molecule has 9 heterocycles. The van der Waals surface area contributed by atoms with E-state index in [9.17, 15) is 63.3 Å². The molecule has 12 rings (SSSR count). The molecule has 34 nitrogen and oxygen atoms in total. The number of aromatic amines is 1. The van der Waals surface area contributed by atoms with Crippen molar-refractivity contribution in [3.8, 4) is 0 Å². The van der Waals surface area contributed by atoms with E-state index in [2.05, 4.69) is 36.4 Å². The Morgan fingerprint density at radius 3 is 1.20 bits per heavy atom. The number of esters is 4. The van der Waals surface area contributed by atoms with Gasteiger partial charge in [-0.1, -0.05) is 81.6 Å². The summed E-state index contributed by atoms with van der Waals surface area (Å²) >= 11 is 3.34. The van der Waals surface area contributed by atoms with Gasteiger partial charge in [0.25, 0.3) is 16.7 Å². The molecule has 0 amide bonds. The molecule has 102 heavy (non-hydrogen) atoms. The number of hydrogen-bond donors (Lipinski definition) is 6. The molecule has 3 saturated heterocycles. The summed E-state index contributed by atoms with van der Waals surface area (Å²) in [7, 11) is 1.00. The third-order valence-electron chi connectivity index (χ3n) is 15.1. The van der Waals surface area contributed by atoms with Gasteiger partial charge >= 0.3 is 40.9 Å². The van der Waals surface area contributed by atoms with Crippen LogP contribution in [0.25, 0.3) is 32.9 Å². The van der Waals surface area contributed by atoms with Crippen LogP contribution in [0, 0.1) is 0 Å². The third kappa shape index (κ3) is 22.6. The third-order valence-corrected chi connectivity index (χ3v) is 15.6. The Morgan fingerprint density at radius 2 is 0.833 bits per heavy atom. The van der Waals surface area contributed by atoms with Gasteiger partial charge in [-0.3, -0.25) is 61.4 Å². The molecule has 3 aliphatic heterocycles. The molecule has 535 valence electrons. The number of aromatic nitrogens is 9. The Hall–Kier alpha value is -4.33. The summed E-state index contributed by atoms with van der Waals surface area (Å²) < 4.78 is 58.9. The van der Waals surface area contributed by atoms with Crippen LogP contribution in [0.15, 0.2) is 152 Å². The van der Waals surface area contributed by atoms with Crippen LogP contribution in [-0.2, 0) is 234 Å². The molecule has 9 unspecified atom stereocenters. The van der Waals surface area contributed by atoms with Crippen LogP contribution in [0.5, 0.6) is 0 Å². The van der Waals surface area contributed by atoms with Gasteiger partial charge in [-0.25, -0.2) is 14.4 Å². The fourth-order valence-corrected chi connectivity index (χ4v) is 11.1. The maximum atomic E-state index is 13.3. The van der Waals surface area contributed by atoms with Gasteiger partial charge in [-0.2, -0.15) is 0 Å². The minimum absolute atomic E-state index is 0. The normalized spacial score (nSPS) is 21.2. The van der Waals surface area contributed by atoms with Crippen molar-refractivity contribution in [2.45, 2.75) is 146 Å². The van der Waals surface area contributed by atoms with Crippen LogP contribution in [0.3, 0.4) is 0 Å². The summed E-state index contributed by atoms with van der Waals surface area (Å²) in [4.78, 5) is 122. The smallest absolute Gasteiger partial charge is 0.333 e. The van der Waals surface area contributed by atoms with Crippen molar-refractivity contribution in [3.63, 3.8) is 0 Å². The molecule has 0 spiro atoms. The predicted octanol–water partition coefficient (Wildman–Crippen LogP) is 2.37. The molecule has 9 aromatic rings. The van der Waals surface area contributed by atoms with E-state index in [1.807, 2.05) is 38.1 Å². The van der Waals surface area contributed by atoms with Gasteiger partial charge in [0.1, 0.15) is 47.6 Å². The minimum Gasteiger partial charge on any atom is -0.456 e. The van der Waals surface area contributed by atoms with Gasteiger partial charge < -0.3 is 73.3 Å². The summed E-state index contributed by atoms with van der Waals surface area (Å²) in [5, 5.41) is 51.2. The van der Waals surface area contributed by atoms with Gasteiger partial charge in [-0.05, 0) is 49.2 Å². The summed E-state index contributed by atoms with van der Waals surface area (Å²) in [5.41, 5.74) is -0.138. The van der Waals surface area contributed by atoms with Crippen LogP contribution in [0.4, 0.5) is 0 Å². The van der Waals surface area contributed by atoms with E-state index >= 15 is 0 Å². The van der Waals surface area contributed by atoms with E-state index in [4.69, 9.17) is 51.8 Å². The molecule has 5 radical (unpaired) electrons. The average molecular weight is 1860 g/mol. The SMILES string of the molecule is BrCc1noc2ccccc12.CCC1OC(n2ccc(=O)[nH]c2=O)[C@@H](OC(C)=O)C1OC(C)=O.CCC1OC(n2ccc(=O)n(Cc3noc4ccccc34)c2=O)[C@@H](OC(C)=O)C1OC(C)=O.CO.N.O=c1ccn(C2OC(CO)C(O)[C@@H]2O)c(=O)n1Cc1noc2ccccc12.[Y].[Y].[Y].[Y].[Y]. The number of nitrogens with one attached hydrogen (secondary N) is 1. The number of aliphatic hydroxyl groups is 4. The van der Waals surface area contributed by atoms with Crippen molar-refractivity contribution in [1.29, 1.82) is 0 Å². The zero-order chi connectivity index (χ0) is 69.7. The van der Waals surface area contributed by atoms with Crippen molar-refractivity contribution in [2.24, 2.45) is 0 Å². The minimum atomic E-state index is -1.43. The van der Waals surface area contributed by atoms with E-state index < -0.39 is 138 Å². The Kier molecular flexibility index (Phi) is 40.5. The number of ether oxygens (including phenoxy) is 7. The number of nitrogens with zero attached hydrogens (tertiary/aromatic N) is 8. The van der Waals surface area contributed by atoms with Gasteiger partial charge in [0, 0.05) is 257 Å². The van der Waals surface area contributed by atoms with E-state index in [1.54, 1.807) is 48.5 Å². The van der Waals surface area contributed by atoms with Crippen molar-refractivity contribution in [2.75, 3.05) is 13.7 Å². The monoisotopic (exact) mass is 1860 g/mol. The zero-order valence-electron chi connectivity index (χ0n) is 56.1. The molecule has 3 aromatic carbocycles. The van der Waals surface area contributed by atoms with E-state index in [1.165, 1.54) is 52.4 Å². The summed E-state index contributed by atoms with van der Waals surface area (Å²) in [6, 6.07) is 25.5. The number of benzene rings is 3. The van der Waals surface area contributed by atoms with Crippen LogP contribution in [0.2, 0.25) is 0 Å². The van der Waals surface area contributed by atoms with Crippen LogP contribution < -0.4 is 39.9 Å². The quantitative estimate of drug-likeness (QED) is 0.0487. The molecule has 0 bridgehead atoms. The van der Waals surface area contributed by atoms with E-state index in [0.29, 0.717) is 46.2 Å². The van der Waals surface area contributed by atoms with E-state index in [-0.39, 0.29) is 183 Å². The summed E-state index contributed by atoms with van der Waals surface area (Å²) in [6.45, 7) is 7.72. The Bertz CT molecular complexity index is 4600. The Morgan fingerprint density at radius 1 is 0.490 bits per heavy atom. The number of carbonyl (C=O) groups excluding carboxylic acids is 4. The summed E-state index contributed by atoms with van der Waals surface area (Å²) in [5.74, 6) is -2.35. The van der Waals surface area contributed by atoms with Crippen LogP contribution in [0.1, 0.15) is 90.1 Å². The second-order valence-corrected chi connectivity index (χ2v) is 21.9. The number of carbonyl (C=O) groups is 4. The molecule has 8 N–H and O–H groups in total. The van der Waals surface area contributed by atoms with Crippen molar-refractivity contribution in [1.82, 2.24) is 49.4 Å². The van der Waals surface area contributed by atoms with E-state index in [0.717, 1.165) is 64.1 Å². The fraction of sp³-hybridized carbons (Fsp3) is 0.403. The number of para-hydroxylation sites is 3. The van der Waals surface area contributed by atoms with Crippen LogP contribution in [-0.4, -0.2) is 156 Å². The molecule has 3 aliphatic rings. The second kappa shape index (κ2) is 44.1. The van der Waals surface area contributed by atoms with Gasteiger partial charge in [0.05, 0.1) is 19.7 Å². The number of hydrogen-bond acceptors (Lipinski definition) is 28. The largest absolute Gasteiger partial charge is 0.456 e. The van der Waals surface area contributed by atoms with Gasteiger partial charge in [-0.15, -0.1) is 0 Å². The van der Waals surface area contributed by atoms with Gasteiger partial charge in [0.2, 0.25) is 0 Å². The maximum Gasteiger partial charge on any atom is 0.333 e. The van der Waals surface area contributed by atoms with Crippen molar-refractivity contribution < 1.29 is 250 Å². The van der Waals surface area contributed by atoms with Crippen LogP contribution >= 0.6 is 15.9 Å². The number of fused-ring (bicyclic) bond motifs is 3. The number of aliphatic hydroxyl groups excluding tert-OH is 4. The first-order chi connectivity index (χ1) is 46.0.